The number of nitro benzene ring substituents is 1. The Morgan fingerprint density at radius 1 is 1.22 bits per heavy atom. The van der Waals surface area contributed by atoms with Gasteiger partial charge in [0.1, 0.15) is 0 Å². The van der Waals surface area contributed by atoms with Crippen LogP contribution in [0.3, 0.4) is 0 Å². The van der Waals surface area contributed by atoms with Crippen LogP contribution in [0.25, 0.3) is 0 Å². The number of esters is 1. The Morgan fingerprint density at radius 3 is 2.17 bits per heavy atom. The molecular formula is C16H25ClN2O4. The van der Waals surface area contributed by atoms with Crippen molar-refractivity contribution in [3.05, 3.63) is 39.9 Å². The molecule has 130 valence electrons. The number of non-ortho nitro benzene ring substituents is 1. The minimum Gasteiger partial charge on any atom is -0.461 e. The summed E-state index contributed by atoms with van der Waals surface area (Å²) < 4.78 is 5.35. The lowest BCUT2D eigenvalue weighted by Crippen LogP contribution is -2.37. The second-order valence-corrected chi connectivity index (χ2v) is 6.01. The van der Waals surface area contributed by atoms with E-state index in [4.69, 9.17) is 4.74 Å². The fourth-order valence-corrected chi connectivity index (χ4v) is 2.16. The number of nitrogens with zero attached hydrogens (tertiary/aromatic N) is 2. The maximum Gasteiger partial charge on any atom is 0.338 e. The molecule has 0 aliphatic rings. The van der Waals surface area contributed by atoms with E-state index in [0.717, 1.165) is 19.6 Å². The van der Waals surface area contributed by atoms with E-state index in [0.29, 0.717) is 12.2 Å². The van der Waals surface area contributed by atoms with E-state index in [-0.39, 0.29) is 23.5 Å². The first kappa shape index (κ1) is 21.3. The van der Waals surface area contributed by atoms with Crippen molar-refractivity contribution in [2.24, 2.45) is 5.41 Å². The van der Waals surface area contributed by atoms with Crippen molar-refractivity contribution in [2.45, 2.75) is 27.7 Å². The molecule has 0 atom stereocenters. The van der Waals surface area contributed by atoms with Crippen LogP contribution in [0.15, 0.2) is 24.3 Å². The Kier molecular flexibility index (Phi) is 8.79. The molecule has 0 aliphatic heterocycles. The van der Waals surface area contributed by atoms with Crippen LogP contribution in [0.5, 0.6) is 0 Å². The molecule has 0 radical (unpaired) electrons. The molecule has 1 aromatic carbocycles. The van der Waals surface area contributed by atoms with Gasteiger partial charge in [-0.3, -0.25) is 10.1 Å². The molecule has 1 rings (SSSR count). The summed E-state index contributed by atoms with van der Waals surface area (Å²) in [7, 11) is 0. The Balaban J connectivity index is 0.00000484. The third-order valence-corrected chi connectivity index (χ3v) is 3.45. The van der Waals surface area contributed by atoms with E-state index in [1.54, 1.807) is 0 Å². The Morgan fingerprint density at radius 2 is 1.74 bits per heavy atom. The van der Waals surface area contributed by atoms with Crippen LogP contribution >= 0.6 is 12.4 Å². The second kappa shape index (κ2) is 9.47. The number of hydrogen-bond donors (Lipinski definition) is 0. The van der Waals surface area contributed by atoms with Gasteiger partial charge in [0.05, 0.1) is 17.1 Å². The van der Waals surface area contributed by atoms with E-state index in [1.165, 1.54) is 24.3 Å². The molecule has 6 nitrogen and oxygen atoms in total. The van der Waals surface area contributed by atoms with Gasteiger partial charge in [-0.1, -0.05) is 27.7 Å². The van der Waals surface area contributed by atoms with Gasteiger partial charge in [-0.25, -0.2) is 4.79 Å². The van der Waals surface area contributed by atoms with Crippen molar-refractivity contribution in [1.82, 2.24) is 4.90 Å². The lowest BCUT2D eigenvalue weighted by molar-refractivity contribution is -0.384. The minimum absolute atomic E-state index is 0. The molecule has 1 aromatic rings. The molecule has 0 saturated heterocycles. The maximum absolute atomic E-state index is 12.0. The SMILES string of the molecule is CCN(CC)CC(C)(C)COC(=O)c1ccc([N+](=O)[O-])cc1.Cl. The van der Waals surface area contributed by atoms with Crippen LogP contribution in [-0.4, -0.2) is 42.0 Å². The predicted octanol–water partition coefficient (Wildman–Crippen LogP) is 3.54. The predicted molar refractivity (Wildman–Crippen MR) is 92.2 cm³/mol. The van der Waals surface area contributed by atoms with Crippen molar-refractivity contribution in [2.75, 3.05) is 26.2 Å². The van der Waals surface area contributed by atoms with Crippen molar-refractivity contribution < 1.29 is 14.5 Å². The molecule has 7 heteroatoms. The molecule has 0 spiro atoms. The second-order valence-electron chi connectivity index (χ2n) is 6.01. The van der Waals surface area contributed by atoms with E-state index in [9.17, 15) is 14.9 Å². The Bertz CT molecular complexity index is 513. The highest BCUT2D eigenvalue weighted by Crippen LogP contribution is 2.19. The summed E-state index contributed by atoms with van der Waals surface area (Å²) in [6, 6.07) is 5.44. The maximum atomic E-state index is 12.0. The molecule has 0 heterocycles. The van der Waals surface area contributed by atoms with Gasteiger partial charge in [0.2, 0.25) is 0 Å². The first-order valence-electron chi connectivity index (χ1n) is 7.43. The molecule has 0 saturated carbocycles. The molecule has 0 bridgehead atoms. The average molecular weight is 345 g/mol. The molecule has 0 amide bonds. The lowest BCUT2D eigenvalue weighted by Gasteiger charge is -2.30. The zero-order valence-corrected chi connectivity index (χ0v) is 14.9. The highest BCUT2D eigenvalue weighted by atomic mass is 35.5. The summed E-state index contributed by atoms with van der Waals surface area (Å²) in [4.78, 5) is 24.4. The molecule has 0 aliphatic carbocycles. The number of halogens is 1. The smallest absolute Gasteiger partial charge is 0.338 e. The number of carbonyl (C=O) groups is 1. The summed E-state index contributed by atoms with van der Waals surface area (Å²) in [6.07, 6.45) is 0. The zero-order chi connectivity index (χ0) is 16.8. The Hall–Kier alpha value is -1.66. The molecule has 0 aromatic heterocycles. The van der Waals surface area contributed by atoms with E-state index < -0.39 is 10.9 Å². The van der Waals surface area contributed by atoms with Crippen molar-refractivity contribution in [3.63, 3.8) is 0 Å². The number of nitro groups is 1. The largest absolute Gasteiger partial charge is 0.461 e. The normalized spacial score (nSPS) is 11.0. The third kappa shape index (κ3) is 6.97. The first-order chi connectivity index (χ1) is 10.3. The molecule has 0 fully saturated rings. The van der Waals surface area contributed by atoms with Crippen LogP contribution < -0.4 is 0 Å². The summed E-state index contributed by atoms with van der Waals surface area (Å²) in [5, 5.41) is 10.6. The van der Waals surface area contributed by atoms with Crippen molar-refractivity contribution in [3.8, 4) is 0 Å². The molecule has 23 heavy (non-hydrogen) atoms. The molecular weight excluding hydrogens is 320 g/mol. The Labute approximate surface area is 143 Å². The summed E-state index contributed by atoms with van der Waals surface area (Å²) >= 11 is 0. The van der Waals surface area contributed by atoms with Crippen molar-refractivity contribution in [1.29, 1.82) is 0 Å². The van der Waals surface area contributed by atoms with Gasteiger partial charge in [0.25, 0.3) is 5.69 Å². The summed E-state index contributed by atoms with van der Waals surface area (Å²) in [5.74, 6) is -0.456. The van der Waals surface area contributed by atoms with Crippen LogP contribution in [0.2, 0.25) is 0 Å². The first-order valence-corrected chi connectivity index (χ1v) is 7.43. The number of benzene rings is 1. The molecule has 0 N–H and O–H groups in total. The fourth-order valence-electron chi connectivity index (χ4n) is 2.16. The number of hydrogen-bond acceptors (Lipinski definition) is 5. The molecule has 0 unspecified atom stereocenters. The van der Waals surface area contributed by atoms with Gasteiger partial charge in [-0.2, -0.15) is 0 Å². The topological polar surface area (TPSA) is 72.7 Å². The van der Waals surface area contributed by atoms with Gasteiger partial charge in [-0.15, -0.1) is 12.4 Å². The van der Waals surface area contributed by atoms with Crippen molar-refractivity contribution >= 4 is 24.1 Å². The van der Waals surface area contributed by atoms with Gasteiger partial charge >= 0.3 is 5.97 Å². The standard InChI is InChI=1S/C16H24N2O4.ClH/c1-5-17(6-2)11-16(3,4)12-22-15(19)13-7-9-14(10-8-13)18(20)21;/h7-10H,5-6,11-12H2,1-4H3;1H. The number of rotatable bonds is 8. The van der Waals surface area contributed by atoms with Gasteiger partial charge < -0.3 is 9.64 Å². The average Bonchev–Trinajstić information content (AvgIpc) is 2.50. The van der Waals surface area contributed by atoms with Gasteiger partial charge in [0, 0.05) is 24.1 Å². The van der Waals surface area contributed by atoms with E-state index >= 15 is 0 Å². The van der Waals surface area contributed by atoms with E-state index in [1.807, 2.05) is 0 Å². The number of ether oxygens (including phenoxy) is 1. The monoisotopic (exact) mass is 344 g/mol. The summed E-state index contributed by atoms with van der Waals surface area (Å²) in [6.45, 7) is 11.4. The van der Waals surface area contributed by atoms with Crippen LogP contribution in [0.4, 0.5) is 5.69 Å². The highest BCUT2D eigenvalue weighted by Gasteiger charge is 2.23. The quantitative estimate of drug-likeness (QED) is 0.409. The van der Waals surface area contributed by atoms with Gasteiger partial charge in [0.15, 0.2) is 0 Å². The fraction of sp³-hybridized carbons (Fsp3) is 0.562. The van der Waals surface area contributed by atoms with Crippen LogP contribution in [-0.2, 0) is 4.74 Å². The van der Waals surface area contributed by atoms with Gasteiger partial charge in [-0.05, 0) is 25.2 Å². The minimum atomic E-state index is -0.498. The number of carbonyl (C=O) groups excluding carboxylic acids is 1. The third-order valence-electron chi connectivity index (χ3n) is 3.45. The lowest BCUT2D eigenvalue weighted by atomic mass is 9.94. The highest BCUT2D eigenvalue weighted by molar-refractivity contribution is 5.89. The van der Waals surface area contributed by atoms with Crippen LogP contribution in [0.1, 0.15) is 38.1 Å². The zero-order valence-electron chi connectivity index (χ0n) is 14.1. The van der Waals surface area contributed by atoms with Crippen LogP contribution in [0, 0.1) is 15.5 Å². The van der Waals surface area contributed by atoms with E-state index in [2.05, 4.69) is 32.6 Å². The summed E-state index contributed by atoms with van der Waals surface area (Å²) in [5.41, 5.74) is 0.130.